The van der Waals surface area contributed by atoms with Gasteiger partial charge in [0.15, 0.2) is 0 Å². The molecule has 3 heterocycles. The molecule has 22 heavy (non-hydrogen) atoms. The van der Waals surface area contributed by atoms with Gasteiger partial charge >= 0.3 is 0 Å². The SMILES string of the molecule is CCCc1nn(C)c2c1[C@@H](c1cccnc1)C(C#N)=C(N)O2. The number of nitriles is 1. The number of pyridine rings is 1. The minimum Gasteiger partial charge on any atom is -0.422 e. The molecule has 0 bridgehead atoms. The van der Waals surface area contributed by atoms with E-state index in [0.717, 1.165) is 29.7 Å². The molecule has 0 amide bonds. The Morgan fingerprint density at radius 3 is 2.95 bits per heavy atom. The van der Waals surface area contributed by atoms with E-state index < -0.39 is 0 Å². The molecular formula is C16H17N5O. The third-order valence-electron chi connectivity index (χ3n) is 3.78. The van der Waals surface area contributed by atoms with Crippen molar-refractivity contribution in [3.8, 4) is 11.9 Å². The van der Waals surface area contributed by atoms with E-state index >= 15 is 0 Å². The number of aryl methyl sites for hydroxylation is 2. The third kappa shape index (κ3) is 2.11. The summed E-state index contributed by atoms with van der Waals surface area (Å²) in [5.74, 6) is 0.460. The average Bonchev–Trinajstić information content (AvgIpc) is 2.83. The van der Waals surface area contributed by atoms with Gasteiger partial charge < -0.3 is 10.5 Å². The highest BCUT2D eigenvalue weighted by atomic mass is 16.5. The molecule has 112 valence electrons. The maximum Gasteiger partial charge on any atom is 0.224 e. The van der Waals surface area contributed by atoms with Crippen LogP contribution in [0.3, 0.4) is 0 Å². The number of aromatic nitrogens is 3. The zero-order valence-corrected chi connectivity index (χ0v) is 12.6. The second-order valence-electron chi connectivity index (χ2n) is 5.25. The van der Waals surface area contributed by atoms with Gasteiger partial charge in [-0.1, -0.05) is 19.4 Å². The number of hydrogen-bond acceptors (Lipinski definition) is 5. The summed E-state index contributed by atoms with van der Waals surface area (Å²) in [6.07, 6.45) is 5.25. The normalized spacial score (nSPS) is 16.9. The molecule has 1 aliphatic rings. The van der Waals surface area contributed by atoms with Crippen LogP contribution in [0, 0.1) is 11.3 Å². The Balaban J connectivity index is 2.25. The zero-order valence-electron chi connectivity index (χ0n) is 12.6. The molecule has 6 heteroatoms. The van der Waals surface area contributed by atoms with Gasteiger partial charge in [-0.25, -0.2) is 4.68 Å². The van der Waals surface area contributed by atoms with Gasteiger partial charge in [-0.15, -0.1) is 0 Å². The number of fused-ring (bicyclic) bond motifs is 1. The first-order valence-electron chi connectivity index (χ1n) is 7.20. The molecule has 0 aliphatic carbocycles. The van der Waals surface area contributed by atoms with Crippen molar-refractivity contribution in [2.45, 2.75) is 25.7 Å². The van der Waals surface area contributed by atoms with Crippen molar-refractivity contribution in [1.29, 1.82) is 5.26 Å². The highest BCUT2D eigenvalue weighted by molar-refractivity contribution is 5.55. The number of allylic oxidation sites excluding steroid dienone is 1. The Morgan fingerprint density at radius 2 is 2.32 bits per heavy atom. The van der Waals surface area contributed by atoms with Gasteiger partial charge in [-0.2, -0.15) is 10.4 Å². The molecule has 6 nitrogen and oxygen atoms in total. The van der Waals surface area contributed by atoms with Crippen molar-refractivity contribution >= 4 is 0 Å². The first-order chi connectivity index (χ1) is 10.7. The third-order valence-corrected chi connectivity index (χ3v) is 3.78. The lowest BCUT2D eigenvalue weighted by Crippen LogP contribution is -2.22. The van der Waals surface area contributed by atoms with Gasteiger partial charge in [0.1, 0.15) is 11.6 Å². The van der Waals surface area contributed by atoms with Crippen LogP contribution < -0.4 is 10.5 Å². The smallest absolute Gasteiger partial charge is 0.224 e. The predicted molar refractivity (Wildman–Crippen MR) is 80.7 cm³/mol. The van der Waals surface area contributed by atoms with E-state index in [1.807, 2.05) is 19.2 Å². The van der Waals surface area contributed by atoms with Crippen molar-refractivity contribution in [2.75, 3.05) is 0 Å². The minimum absolute atomic E-state index is 0.134. The quantitative estimate of drug-likeness (QED) is 0.935. The van der Waals surface area contributed by atoms with Crippen LogP contribution >= 0.6 is 0 Å². The Labute approximate surface area is 128 Å². The fourth-order valence-electron chi connectivity index (χ4n) is 2.86. The fourth-order valence-corrected chi connectivity index (χ4v) is 2.86. The van der Waals surface area contributed by atoms with Crippen LogP contribution in [0.25, 0.3) is 0 Å². The average molecular weight is 295 g/mol. The summed E-state index contributed by atoms with van der Waals surface area (Å²) < 4.78 is 7.35. The summed E-state index contributed by atoms with van der Waals surface area (Å²) in [7, 11) is 1.82. The molecule has 0 spiro atoms. The van der Waals surface area contributed by atoms with Crippen LogP contribution in [0.1, 0.15) is 36.1 Å². The Bertz CT molecular complexity index is 770. The number of nitrogens with two attached hydrogens (primary N) is 1. The molecule has 3 rings (SSSR count). The predicted octanol–water partition coefficient (Wildman–Crippen LogP) is 1.99. The first-order valence-corrected chi connectivity index (χ1v) is 7.20. The number of nitrogens with zero attached hydrogens (tertiary/aromatic N) is 4. The standard InChI is InChI=1S/C16H17N5O/c1-3-5-12-14-13(10-6-4-7-19-9-10)11(8-17)15(18)22-16(14)21(2)20-12/h4,6-7,9,13H,3,5,18H2,1-2H3/t13-/m0/s1. The number of rotatable bonds is 3. The largest absolute Gasteiger partial charge is 0.422 e. The van der Waals surface area contributed by atoms with Gasteiger partial charge in [-0.3, -0.25) is 4.98 Å². The number of ether oxygens (including phenoxy) is 1. The van der Waals surface area contributed by atoms with E-state index in [1.54, 1.807) is 17.1 Å². The van der Waals surface area contributed by atoms with Gasteiger partial charge in [-0.05, 0) is 18.1 Å². The minimum atomic E-state index is -0.280. The van der Waals surface area contributed by atoms with Gasteiger partial charge in [0, 0.05) is 19.4 Å². The Kier molecular flexibility index (Phi) is 3.55. The zero-order chi connectivity index (χ0) is 15.7. The molecule has 2 aromatic rings. The Hall–Kier alpha value is -2.81. The summed E-state index contributed by atoms with van der Waals surface area (Å²) >= 11 is 0. The second kappa shape index (κ2) is 5.53. The summed E-state index contributed by atoms with van der Waals surface area (Å²) in [5.41, 5.74) is 9.14. The lowest BCUT2D eigenvalue weighted by atomic mass is 9.84. The summed E-state index contributed by atoms with van der Waals surface area (Å²) in [5, 5.41) is 14.1. The maximum atomic E-state index is 9.53. The van der Waals surface area contributed by atoms with Crippen molar-refractivity contribution in [3.05, 3.63) is 52.8 Å². The summed E-state index contributed by atoms with van der Waals surface area (Å²) in [6.45, 7) is 2.10. The maximum absolute atomic E-state index is 9.53. The summed E-state index contributed by atoms with van der Waals surface area (Å²) in [6, 6.07) is 5.98. The molecule has 1 aliphatic heterocycles. The van der Waals surface area contributed by atoms with Crippen LogP contribution in [0.4, 0.5) is 0 Å². The van der Waals surface area contributed by atoms with Crippen LogP contribution in [0.15, 0.2) is 36.0 Å². The van der Waals surface area contributed by atoms with Crippen LogP contribution in [-0.4, -0.2) is 14.8 Å². The van der Waals surface area contributed by atoms with Crippen molar-refractivity contribution in [2.24, 2.45) is 12.8 Å². The lowest BCUT2D eigenvalue weighted by Gasteiger charge is -2.24. The number of hydrogen-bond donors (Lipinski definition) is 1. The summed E-state index contributed by atoms with van der Waals surface area (Å²) in [4.78, 5) is 4.17. The molecule has 0 unspecified atom stereocenters. The first kappa shape index (κ1) is 14.1. The molecule has 0 aromatic carbocycles. The Morgan fingerprint density at radius 1 is 1.50 bits per heavy atom. The molecule has 2 N–H and O–H groups in total. The van der Waals surface area contributed by atoms with E-state index in [2.05, 4.69) is 23.1 Å². The van der Waals surface area contributed by atoms with Gasteiger partial charge in [0.05, 0.1) is 17.2 Å². The van der Waals surface area contributed by atoms with E-state index in [0.29, 0.717) is 11.5 Å². The van der Waals surface area contributed by atoms with Crippen LogP contribution in [-0.2, 0) is 13.5 Å². The van der Waals surface area contributed by atoms with E-state index in [9.17, 15) is 5.26 Å². The van der Waals surface area contributed by atoms with Crippen LogP contribution in [0.5, 0.6) is 5.88 Å². The van der Waals surface area contributed by atoms with Gasteiger partial charge in [0.25, 0.3) is 0 Å². The molecule has 1 atom stereocenters. The monoisotopic (exact) mass is 295 g/mol. The van der Waals surface area contributed by atoms with E-state index in [-0.39, 0.29) is 11.8 Å². The van der Waals surface area contributed by atoms with Gasteiger partial charge in [0.2, 0.25) is 11.8 Å². The van der Waals surface area contributed by atoms with Crippen LogP contribution in [0.2, 0.25) is 0 Å². The fraction of sp³-hybridized carbons (Fsp3) is 0.312. The van der Waals surface area contributed by atoms with Crippen molar-refractivity contribution in [3.63, 3.8) is 0 Å². The highest BCUT2D eigenvalue weighted by Gasteiger charge is 2.35. The van der Waals surface area contributed by atoms with Crippen molar-refractivity contribution < 1.29 is 4.74 Å². The topological polar surface area (TPSA) is 89.8 Å². The molecule has 2 aromatic heterocycles. The van der Waals surface area contributed by atoms with Crippen molar-refractivity contribution in [1.82, 2.24) is 14.8 Å². The highest BCUT2D eigenvalue weighted by Crippen LogP contribution is 2.43. The second-order valence-corrected chi connectivity index (χ2v) is 5.25. The lowest BCUT2D eigenvalue weighted by molar-refractivity contribution is 0.358. The molecular weight excluding hydrogens is 278 g/mol. The van der Waals surface area contributed by atoms with E-state index in [1.165, 1.54) is 0 Å². The molecule has 0 radical (unpaired) electrons. The molecule has 0 saturated carbocycles. The molecule has 0 fully saturated rings. The molecule has 0 saturated heterocycles. The van der Waals surface area contributed by atoms with E-state index in [4.69, 9.17) is 10.5 Å².